The molecule has 0 heterocycles. The number of carbonyl (C=O) groups is 4. The highest BCUT2D eigenvalue weighted by molar-refractivity contribution is 7.47. The van der Waals surface area contributed by atoms with E-state index in [1.807, 2.05) is 0 Å². The number of hydrogen-bond acceptors (Lipinski definition) is 15. The monoisotopic (exact) mass is 1490 g/mol. The van der Waals surface area contributed by atoms with Crippen molar-refractivity contribution in [1.29, 1.82) is 0 Å². The number of phosphoric acid groups is 2. The number of hydrogen-bond donors (Lipinski definition) is 3. The van der Waals surface area contributed by atoms with E-state index in [1.54, 1.807) is 0 Å². The zero-order valence-electron chi connectivity index (χ0n) is 66.4. The summed E-state index contributed by atoms with van der Waals surface area (Å²) in [7, 11) is -9.93. The molecule has 3 N–H and O–H groups in total. The van der Waals surface area contributed by atoms with E-state index < -0.39 is 97.5 Å². The molecule has 0 bridgehead atoms. The van der Waals surface area contributed by atoms with Gasteiger partial charge in [-0.25, -0.2) is 9.13 Å². The maximum absolute atomic E-state index is 13.1. The molecule has 0 spiro atoms. The maximum atomic E-state index is 13.1. The normalized spacial score (nSPS) is 14.0. The Hall–Kier alpha value is -2.46. The number of aliphatic hydroxyl groups is 1. The Morgan fingerprint density at radius 2 is 0.529 bits per heavy atom. The highest BCUT2D eigenvalue weighted by Crippen LogP contribution is 2.45. The lowest BCUT2D eigenvalue weighted by Crippen LogP contribution is -2.30. The first-order chi connectivity index (χ1) is 49.4. The van der Waals surface area contributed by atoms with Gasteiger partial charge in [0.05, 0.1) is 26.4 Å². The summed E-state index contributed by atoms with van der Waals surface area (Å²) in [6.45, 7) is 9.56. The van der Waals surface area contributed by atoms with Crippen LogP contribution in [-0.2, 0) is 65.4 Å². The molecule has 0 aromatic rings. The lowest BCUT2D eigenvalue weighted by atomic mass is 10.0. The van der Waals surface area contributed by atoms with Crippen LogP contribution in [-0.4, -0.2) is 96.7 Å². The van der Waals surface area contributed by atoms with Gasteiger partial charge in [-0.2, -0.15) is 0 Å². The van der Waals surface area contributed by atoms with Crippen molar-refractivity contribution in [2.75, 3.05) is 39.6 Å². The minimum atomic E-state index is -4.97. The van der Waals surface area contributed by atoms with Gasteiger partial charge in [0.2, 0.25) is 0 Å². The molecule has 0 rings (SSSR count). The van der Waals surface area contributed by atoms with Gasteiger partial charge < -0.3 is 33.8 Å². The van der Waals surface area contributed by atoms with Crippen molar-refractivity contribution in [1.82, 2.24) is 0 Å². The molecule has 602 valence electrons. The average molecular weight is 1490 g/mol. The van der Waals surface area contributed by atoms with Crippen molar-refractivity contribution in [3.63, 3.8) is 0 Å². The van der Waals surface area contributed by atoms with Crippen molar-refractivity contribution in [3.8, 4) is 0 Å². The van der Waals surface area contributed by atoms with Crippen LogP contribution < -0.4 is 0 Å². The van der Waals surface area contributed by atoms with Crippen LogP contribution >= 0.6 is 15.6 Å². The van der Waals surface area contributed by atoms with E-state index in [9.17, 15) is 43.2 Å². The van der Waals surface area contributed by atoms with Gasteiger partial charge in [-0.05, 0) is 63.2 Å². The predicted molar refractivity (Wildman–Crippen MR) is 418 cm³/mol. The van der Waals surface area contributed by atoms with Crippen LogP contribution in [0.2, 0.25) is 0 Å². The Kier molecular flexibility index (Phi) is 72.2. The van der Waals surface area contributed by atoms with Gasteiger partial charge >= 0.3 is 39.5 Å². The molecule has 19 heteroatoms. The third-order valence-electron chi connectivity index (χ3n) is 18.8. The van der Waals surface area contributed by atoms with E-state index in [4.69, 9.17) is 37.0 Å². The summed E-state index contributed by atoms with van der Waals surface area (Å²) in [6.07, 6.45) is 67.5. The van der Waals surface area contributed by atoms with Crippen molar-refractivity contribution >= 4 is 39.5 Å². The largest absolute Gasteiger partial charge is 0.472 e. The van der Waals surface area contributed by atoms with E-state index >= 15 is 0 Å². The Balaban J connectivity index is 5.27. The summed E-state index contributed by atoms with van der Waals surface area (Å²) in [4.78, 5) is 73.1. The average Bonchev–Trinajstić information content (AvgIpc) is 0.938. The lowest BCUT2D eigenvalue weighted by molar-refractivity contribution is -0.161. The first kappa shape index (κ1) is 99.5. The molecule has 102 heavy (non-hydrogen) atoms. The first-order valence-electron chi connectivity index (χ1n) is 42.3. The lowest BCUT2D eigenvalue weighted by Gasteiger charge is -2.21. The van der Waals surface area contributed by atoms with Crippen molar-refractivity contribution in [2.45, 2.75) is 432 Å². The van der Waals surface area contributed by atoms with E-state index in [2.05, 4.69) is 65.8 Å². The summed E-state index contributed by atoms with van der Waals surface area (Å²) in [6, 6.07) is 0. The van der Waals surface area contributed by atoms with E-state index in [0.29, 0.717) is 25.7 Å². The van der Waals surface area contributed by atoms with Gasteiger partial charge in [0.15, 0.2) is 12.2 Å². The number of ether oxygens (including phenoxy) is 4. The third kappa shape index (κ3) is 75.8. The number of unbranched alkanes of at least 4 members (excludes halogenated alkanes) is 47. The van der Waals surface area contributed by atoms with Crippen molar-refractivity contribution in [3.05, 3.63) is 24.3 Å². The molecule has 2 unspecified atom stereocenters. The molecule has 0 saturated carbocycles. The van der Waals surface area contributed by atoms with Crippen LogP contribution in [0.4, 0.5) is 0 Å². The van der Waals surface area contributed by atoms with E-state index in [1.165, 1.54) is 212 Å². The fraction of sp³-hybridized carbons (Fsp3) is 0.904. The molecular formula is C83H158O17P2. The molecule has 17 nitrogen and oxygen atoms in total. The first-order valence-corrected chi connectivity index (χ1v) is 45.3. The van der Waals surface area contributed by atoms with Crippen LogP contribution in [0.5, 0.6) is 0 Å². The number of carbonyl (C=O) groups excluding carboxylic acids is 4. The molecule has 0 amide bonds. The van der Waals surface area contributed by atoms with Gasteiger partial charge in [0, 0.05) is 25.7 Å². The van der Waals surface area contributed by atoms with Gasteiger partial charge in [0.25, 0.3) is 0 Å². The quantitative estimate of drug-likeness (QED) is 0.0169. The standard InChI is InChI=1S/C83H158O17P2/c1-7-9-11-13-15-17-19-21-23-24-25-26-27-28-30-32-34-43-49-55-61-67-82(87)99-78(71-93-80(85)65-59-53-47-41-33-31-29-22-20-18-16-14-12-10-8-2)73-97-101(89,90)95-69-77(84)70-96-102(91,92)98-74-79(100-83(88)68-62-56-50-44-38-36-40-46-52-58-64-76(5)6)72-94-81(86)66-60-54-48-42-37-35-39-45-51-57-63-75(3)4/h18,20,22,29,75-79,84H,7-17,19,21,23-28,30-74H2,1-6H3,(H,89,90)(H,91,92)/b20-18-,29-22-/t77-,78-,79-/m1/s1. The zero-order valence-corrected chi connectivity index (χ0v) is 68.2. The Morgan fingerprint density at radius 1 is 0.304 bits per heavy atom. The highest BCUT2D eigenvalue weighted by atomic mass is 31.2. The molecule has 5 atom stereocenters. The second-order valence-corrected chi connectivity index (χ2v) is 33.0. The fourth-order valence-electron chi connectivity index (χ4n) is 12.3. The van der Waals surface area contributed by atoms with Crippen molar-refractivity contribution in [2.24, 2.45) is 11.8 Å². The van der Waals surface area contributed by atoms with Crippen LogP contribution in [0.1, 0.15) is 414 Å². The number of rotatable bonds is 80. The number of phosphoric ester groups is 2. The van der Waals surface area contributed by atoms with Gasteiger partial charge in [-0.15, -0.1) is 0 Å². The summed E-state index contributed by atoms with van der Waals surface area (Å²) in [5.74, 6) is -0.630. The second-order valence-electron chi connectivity index (χ2n) is 30.1. The molecule has 0 aliphatic heterocycles. The van der Waals surface area contributed by atoms with Crippen molar-refractivity contribution < 1.29 is 80.2 Å². The molecule has 0 aliphatic rings. The van der Waals surface area contributed by atoms with E-state index in [0.717, 1.165) is 121 Å². The van der Waals surface area contributed by atoms with Crippen LogP contribution in [0.25, 0.3) is 0 Å². The molecule has 0 fully saturated rings. The second kappa shape index (κ2) is 74.0. The van der Waals surface area contributed by atoms with Crippen LogP contribution in [0.15, 0.2) is 24.3 Å². The summed E-state index contributed by atoms with van der Waals surface area (Å²) in [5, 5.41) is 10.7. The minimum absolute atomic E-state index is 0.102. The minimum Gasteiger partial charge on any atom is -0.462 e. The third-order valence-corrected chi connectivity index (χ3v) is 20.7. The van der Waals surface area contributed by atoms with Crippen LogP contribution in [0.3, 0.4) is 0 Å². The van der Waals surface area contributed by atoms with Gasteiger partial charge in [-0.1, -0.05) is 361 Å². The zero-order chi connectivity index (χ0) is 74.9. The van der Waals surface area contributed by atoms with E-state index in [-0.39, 0.29) is 25.7 Å². The maximum Gasteiger partial charge on any atom is 0.472 e. The number of esters is 4. The Morgan fingerprint density at radius 3 is 0.804 bits per heavy atom. The molecular weight excluding hydrogens is 1330 g/mol. The molecule has 0 aromatic heterocycles. The Labute approximate surface area is 624 Å². The van der Waals surface area contributed by atoms with Gasteiger partial charge in [-0.3, -0.25) is 37.3 Å². The summed E-state index contributed by atoms with van der Waals surface area (Å²) in [5.41, 5.74) is 0. The smallest absolute Gasteiger partial charge is 0.462 e. The molecule has 0 aromatic carbocycles. The Bertz CT molecular complexity index is 2050. The van der Waals surface area contributed by atoms with Gasteiger partial charge in [0.1, 0.15) is 19.3 Å². The highest BCUT2D eigenvalue weighted by Gasteiger charge is 2.30. The SMILES string of the molecule is CCCCCC/C=C\C=C/CCCCCCCC(=O)OC[C@H](COP(=O)(O)OC[C@@H](O)COP(=O)(O)OC[C@@H](COC(=O)CCCCCCCCCCCCC(C)C)OC(=O)CCCCCCCCCCCCC(C)C)OC(=O)CCCCCCCCCCCCCCCCCCCCCCC. The topological polar surface area (TPSA) is 237 Å². The molecule has 0 radical (unpaired) electrons. The summed E-state index contributed by atoms with van der Waals surface area (Å²) >= 11 is 0. The van der Waals surface area contributed by atoms with Crippen LogP contribution in [0, 0.1) is 11.8 Å². The number of allylic oxidation sites excluding steroid dienone is 4. The molecule has 0 saturated heterocycles. The molecule has 0 aliphatic carbocycles. The summed E-state index contributed by atoms with van der Waals surface area (Å²) < 4.78 is 68.7. The predicted octanol–water partition coefficient (Wildman–Crippen LogP) is 24.6. The fourth-order valence-corrected chi connectivity index (χ4v) is 13.9. The number of aliphatic hydroxyl groups excluding tert-OH is 1.